The van der Waals surface area contributed by atoms with Gasteiger partial charge in [0, 0.05) is 11.6 Å². The van der Waals surface area contributed by atoms with Crippen LogP contribution in [-0.2, 0) is 16.1 Å². The van der Waals surface area contributed by atoms with Gasteiger partial charge in [-0.1, -0.05) is 11.6 Å². The van der Waals surface area contributed by atoms with Crippen LogP contribution < -0.4 is 10.9 Å². The summed E-state index contributed by atoms with van der Waals surface area (Å²) in [6, 6.07) is -0.111. The highest BCUT2D eigenvalue weighted by atomic mass is 35.5. The van der Waals surface area contributed by atoms with E-state index in [2.05, 4.69) is 20.1 Å². The van der Waals surface area contributed by atoms with Crippen molar-refractivity contribution < 1.29 is 9.53 Å². The van der Waals surface area contributed by atoms with Crippen LogP contribution in [-0.4, -0.2) is 27.8 Å². The summed E-state index contributed by atoms with van der Waals surface area (Å²) in [7, 11) is 1.24. The molecule has 2 aromatic heterocycles. The van der Waals surface area contributed by atoms with E-state index in [0.717, 1.165) is 9.69 Å². The summed E-state index contributed by atoms with van der Waals surface area (Å²) in [6.07, 6.45) is 3.10. The molecule has 1 N–H and O–H groups in total. The van der Waals surface area contributed by atoms with Crippen LogP contribution in [0.15, 0.2) is 22.6 Å². The van der Waals surface area contributed by atoms with Gasteiger partial charge < -0.3 is 10.1 Å². The second kappa shape index (κ2) is 6.68. The summed E-state index contributed by atoms with van der Waals surface area (Å²) < 4.78 is 5.44. The van der Waals surface area contributed by atoms with E-state index in [1.165, 1.54) is 24.6 Å². The van der Waals surface area contributed by atoms with Gasteiger partial charge in [0.25, 0.3) is 5.56 Å². The quantitative estimate of drug-likeness (QED) is 0.841. The minimum atomic E-state index is -0.572. The summed E-state index contributed by atoms with van der Waals surface area (Å²) in [6.45, 7) is 1.62. The van der Waals surface area contributed by atoms with E-state index in [4.69, 9.17) is 11.6 Å². The van der Waals surface area contributed by atoms with Crippen LogP contribution >= 0.6 is 22.9 Å². The second-order valence-electron chi connectivity index (χ2n) is 4.15. The first-order valence-corrected chi connectivity index (χ1v) is 7.27. The zero-order valence-electron chi connectivity index (χ0n) is 11.4. The van der Waals surface area contributed by atoms with Crippen LogP contribution in [0.25, 0.3) is 0 Å². The van der Waals surface area contributed by atoms with E-state index in [1.807, 2.05) is 12.3 Å². The molecular weight excluding hydrogens is 316 g/mol. The van der Waals surface area contributed by atoms with Crippen molar-refractivity contribution in [3.05, 3.63) is 38.2 Å². The number of esters is 1. The topological polar surface area (TPSA) is 86.1 Å². The zero-order chi connectivity index (χ0) is 15.4. The summed E-state index contributed by atoms with van der Waals surface area (Å²) in [4.78, 5) is 27.4. The number of nitrogens with zero attached hydrogens (tertiary/aromatic N) is 3. The molecule has 0 amide bonds. The molecule has 21 heavy (non-hydrogen) atoms. The molecule has 0 saturated heterocycles. The highest BCUT2D eigenvalue weighted by Gasteiger charge is 2.15. The maximum absolute atomic E-state index is 12.0. The molecule has 0 radical (unpaired) electrons. The number of hydrogen-bond acceptors (Lipinski definition) is 7. The van der Waals surface area contributed by atoms with E-state index in [-0.39, 0.29) is 17.6 Å². The summed E-state index contributed by atoms with van der Waals surface area (Å²) in [5.41, 5.74) is -0.163. The minimum Gasteiger partial charge on any atom is -0.468 e. The van der Waals surface area contributed by atoms with Gasteiger partial charge in [0.15, 0.2) is 0 Å². The third kappa shape index (κ3) is 3.59. The molecule has 2 rings (SSSR count). The number of nitrogens with one attached hydrogen (secondary N) is 1. The third-order valence-corrected chi connectivity index (χ3v) is 4.01. The minimum absolute atomic E-state index is 0.0303. The molecule has 9 heteroatoms. The molecule has 2 heterocycles. The summed E-state index contributed by atoms with van der Waals surface area (Å²) >= 11 is 7.52. The Hall–Kier alpha value is -1.93. The Kier molecular flexibility index (Phi) is 4.92. The molecule has 7 nitrogen and oxygen atoms in total. The summed E-state index contributed by atoms with van der Waals surface area (Å²) in [5.74, 6) is -0.572. The Morgan fingerprint density at radius 2 is 2.38 bits per heavy atom. The molecule has 0 spiro atoms. The highest BCUT2D eigenvalue weighted by molar-refractivity contribution is 7.09. The van der Waals surface area contributed by atoms with E-state index in [9.17, 15) is 9.59 Å². The number of ether oxygens (including phenoxy) is 1. The number of halogens is 1. The molecule has 112 valence electrons. The SMILES string of the molecule is COC(=O)Cn1ncc(NC(C)c2nccs2)c(Cl)c1=O. The predicted molar refractivity (Wildman–Crippen MR) is 79.7 cm³/mol. The molecule has 0 aliphatic heterocycles. The number of methoxy groups -OCH3 is 1. The Bertz CT molecular complexity index is 686. The largest absolute Gasteiger partial charge is 0.468 e. The van der Waals surface area contributed by atoms with Gasteiger partial charge in [-0.2, -0.15) is 5.10 Å². The van der Waals surface area contributed by atoms with Crippen molar-refractivity contribution in [2.45, 2.75) is 19.5 Å². The molecule has 0 bridgehead atoms. The third-order valence-electron chi connectivity index (χ3n) is 2.69. The van der Waals surface area contributed by atoms with Crippen molar-refractivity contribution in [2.24, 2.45) is 0 Å². The van der Waals surface area contributed by atoms with Gasteiger partial charge in [0.05, 0.1) is 25.0 Å². The molecule has 0 aliphatic rings. The molecule has 1 unspecified atom stereocenters. The van der Waals surface area contributed by atoms with Gasteiger partial charge >= 0.3 is 5.97 Å². The van der Waals surface area contributed by atoms with E-state index >= 15 is 0 Å². The fourth-order valence-electron chi connectivity index (χ4n) is 1.61. The van der Waals surface area contributed by atoms with Crippen molar-refractivity contribution in [3.8, 4) is 0 Å². The van der Waals surface area contributed by atoms with Crippen molar-refractivity contribution in [1.29, 1.82) is 0 Å². The number of thiazole rings is 1. The van der Waals surface area contributed by atoms with Crippen LogP contribution in [0.1, 0.15) is 18.0 Å². The maximum atomic E-state index is 12.0. The van der Waals surface area contributed by atoms with Crippen LogP contribution in [0.2, 0.25) is 5.02 Å². The van der Waals surface area contributed by atoms with Crippen molar-refractivity contribution in [3.63, 3.8) is 0 Å². The van der Waals surface area contributed by atoms with Crippen molar-refractivity contribution >= 4 is 34.6 Å². The predicted octanol–water partition coefficient (Wildman–Crippen LogP) is 1.70. The monoisotopic (exact) mass is 328 g/mol. The number of carbonyl (C=O) groups excluding carboxylic acids is 1. The summed E-state index contributed by atoms with van der Waals surface area (Å²) in [5, 5.41) is 9.67. The Morgan fingerprint density at radius 1 is 1.62 bits per heavy atom. The van der Waals surface area contributed by atoms with E-state index < -0.39 is 11.5 Å². The van der Waals surface area contributed by atoms with Gasteiger partial charge in [-0.05, 0) is 6.92 Å². The lowest BCUT2D eigenvalue weighted by Crippen LogP contribution is -2.28. The second-order valence-corrected chi connectivity index (χ2v) is 5.45. The smallest absolute Gasteiger partial charge is 0.327 e. The number of carbonyl (C=O) groups is 1. The number of anilines is 1. The molecule has 1 atom stereocenters. The number of hydrogen-bond donors (Lipinski definition) is 1. The molecule has 2 aromatic rings. The normalized spacial score (nSPS) is 12.0. The van der Waals surface area contributed by atoms with Crippen LogP contribution in [0.3, 0.4) is 0 Å². The van der Waals surface area contributed by atoms with E-state index in [1.54, 1.807) is 6.20 Å². The van der Waals surface area contributed by atoms with Gasteiger partial charge in [0.2, 0.25) is 0 Å². The van der Waals surface area contributed by atoms with Crippen molar-refractivity contribution in [2.75, 3.05) is 12.4 Å². The van der Waals surface area contributed by atoms with Gasteiger partial charge in [-0.3, -0.25) is 9.59 Å². The van der Waals surface area contributed by atoms with Crippen molar-refractivity contribution in [1.82, 2.24) is 14.8 Å². The van der Waals surface area contributed by atoms with Gasteiger partial charge in [-0.25, -0.2) is 9.67 Å². The van der Waals surface area contributed by atoms with Crippen LogP contribution in [0.4, 0.5) is 5.69 Å². The Balaban J connectivity index is 2.21. The highest BCUT2D eigenvalue weighted by Crippen LogP contribution is 2.23. The van der Waals surface area contributed by atoms with E-state index in [0.29, 0.717) is 5.69 Å². The van der Waals surface area contributed by atoms with Gasteiger partial charge in [0.1, 0.15) is 16.6 Å². The van der Waals surface area contributed by atoms with Gasteiger partial charge in [-0.15, -0.1) is 11.3 Å². The zero-order valence-corrected chi connectivity index (χ0v) is 12.9. The first kappa shape index (κ1) is 15.5. The number of aromatic nitrogens is 3. The van der Waals surface area contributed by atoms with Crippen LogP contribution in [0, 0.1) is 0 Å². The molecule has 0 fully saturated rings. The molecule has 0 aliphatic carbocycles. The lowest BCUT2D eigenvalue weighted by molar-refractivity contribution is -0.141. The average Bonchev–Trinajstić information content (AvgIpc) is 3.01. The maximum Gasteiger partial charge on any atom is 0.327 e. The fourth-order valence-corrected chi connectivity index (χ4v) is 2.46. The fraction of sp³-hybridized carbons (Fsp3) is 0.333. The standard InChI is InChI=1S/C12H13ClN4O3S/c1-7(11-14-3-4-21-11)16-8-5-15-17(6-9(18)20-2)12(19)10(8)13/h3-5,7,16H,6H2,1-2H3. The molecule has 0 saturated carbocycles. The average molecular weight is 329 g/mol. The van der Waals surface area contributed by atoms with Crippen LogP contribution in [0.5, 0.6) is 0 Å². The molecule has 0 aromatic carbocycles. The Morgan fingerprint density at radius 3 is 3.00 bits per heavy atom. The first-order valence-electron chi connectivity index (χ1n) is 6.01. The lowest BCUT2D eigenvalue weighted by atomic mass is 10.3. The lowest BCUT2D eigenvalue weighted by Gasteiger charge is -2.14. The first-order chi connectivity index (χ1) is 10.0. The number of rotatable bonds is 5. The Labute approximate surface area is 129 Å². The molecular formula is C12H13ClN4O3S.